The zero-order valence-corrected chi connectivity index (χ0v) is 6.82. The Kier molecular flexibility index (Phi) is 2.82. The van der Waals surface area contributed by atoms with Crippen molar-refractivity contribution in [1.29, 1.82) is 0 Å². The number of carboxylic acid groups (broad SMARTS) is 1. The molecule has 12 heavy (non-hydrogen) atoms. The molecule has 0 radical (unpaired) electrons. The molecule has 62 valence electrons. The number of hydrogen-bond donors (Lipinski definition) is 1. The van der Waals surface area contributed by atoms with Crippen molar-refractivity contribution < 1.29 is 9.90 Å². The van der Waals surface area contributed by atoms with Gasteiger partial charge in [0, 0.05) is 12.3 Å². The Labute approximate surface area is 74.3 Å². The Morgan fingerprint density at radius 1 is 1.67 bits per heavy atom. The largest absolute Gasteiger partial charge is 0.478 e. The van der Waals surface area contributed by atoms with E-state index < -0.39 is 5.97 Å². The van der Waals surface area contributed by atoms with E-state index in [1.165, 1.54) is 12.3 Å². The van der Waals surface area contributed by atoms with Crippen LogP contribution >= 0.6 is 11.6 Å². The lowest BCUT2D eigenvalue weighted by Gasteiger charge is -1.91. The molecule has 4 heteroatoms. The number of rotatable bonds is 2. The molecular formula is C8H6ClNO2. The highest BCUT2D eigenvalue weighted by Crippen LogP contribution is 2.07. The van der Waals surface area contributed by atoms with Crippen molar-refractivity contribution in [2.45, 2.75) is 0 Å². The molecule has 0 saturated heterocycles. The Bertz CT molecular complexity index is 323. The lowest BCUT2D eigenvalue weighted by atomic mass is 10.2. The minimum atomic E-state index is -0.983. The van der Waals surface area contributed by atoms with Gasteiger partial charge in [-0.25, -0.2) is 9.78 Å². The highest BCUT2D eigenvalue weighted by atomic mass is 35.5. The predicted octanol–water partition coefficient (Wildman–Crippen LogP) is 1.83. The summed E-state index contributed by atoms with van der Waals surface area (Å²) in [6, 6.07) is 3.26. The van der Waals surface area contributed by atoms with Crippen molar-refractivity contribution in [3.05, 3.63) is 35.1 Å². The van der Waals surface area contributed by atoms with Crippen LogP contribution in [-0.2, 0) is 4.79 Å². The summed E-state index contributed by atoms with van der Waals surface area (Å²) in [6.45, 7) is 0. The molecule has 0 unspecified atom stereocenters. The van der Waals surface area contributed by atoms with Crippen molar-refractivity contribution in [2.24, 2.45) is 0 Å². The predicted molar refractivity (Wildman–Crippen MR) is 45.9 cm³/mol. The van der Waals surface area contributed by atoms with Gasteiger partial charge in [-0.15, -0.1) is 0 Å². The number of carbonyl (C=O) groups is 1. The average Bonchev–Trinajstić information content (AvgIpc) is 2.01. The van der Waals surface area contributed by atoms with E-state index in [1.807, 2.05) is 0 Å². The summed E-state index contributed by atoms with van der Waals surface area (Å²) in [6.07, 6.45) is 4.02. The Morgan fingerprint density at radius 2 is 2.42 bits per heavy atom. The number of hydrogen-bond acceptors (Lipinski definition) is 2. The van der Waals surface area contributed by atoms with Gasteiger partial charge in [-0.1, -0.05) is 11.6 Å². The number of carboxylic acids is 1. The molecular weight excluding hydrogens is 178 g/mol. The molecule has 1 rings (SSSR count). The Balaban J connectivity index is 2.83. The zero-order chi connectivity index (χ0) is 8.97. The van der Waals surface area contributed by atoms with Crippen LogP contribution in [0.3, 0.4) is 0 Å². The smallest absolute Gasteiger partial charge is 0.328 e. The molecule has 0 fully saturated rings. The molecule has 0 aliphatic heterocycles. The van der Waals surface area contributed by atoms with Crippen LogP contribution < -0.4 is 0 Å². The van der Waals surface area contributed by atoms with E-state index in [0.717, 1.165) is 11.6 Å². The third-order valence-corrected chi connectivity index (χ3v) is 1.38. The first-order valence-electron chi connectivity index (χ1n) is 3.21. The summed E-state index contributed by atoms with van der Waals surface area (Å²) in [7, 11) is 0. The van der Waals surface area contributed by atoms with Crippen molar-refractivity contribution in [3.8, 4) is 0 Å². The summed E-state index contributed by atoms with van der Waals surface area (Å²) in [5.41, 5.74) is 0.720. The molecule has 0 aromatic carbocycles. The molecule has 0 aliphatic carbocycles. The molecule has 0 spiro atoms. The first kappa shape index (κ1) is 8.74. The summed E-state index contributed by atoms with van der Waals surface area (Å²) < 4.78 is 0. The molecule has 0 aliphatic rings. The van der Waals surface area contributed by atoms with Crippen molar-refractivity contribution in [2.75, 3.05) is 0 Å². The molecule has 0 amide bonds. The number of aliphatic carboxylic acids is 1. The van der Waals surface area contributed by atoms with Crippen LogP contribution in [0, 0.1) is 0 Å². The molecule has 1 aromatic rings. The number of nitrogens with zero attached hydrogens (tertiary/aromatic N) is 1. The second-order valence-corrected chi connectivity index (χ2v) is 2.47. The second kappa shape index (κ2) is 3.88. The maximum absolute atomic E-state index is 10.1. The molecule has 1 N–H and O–H groups in total. The van der Waals surface area contributed by atoms with Crippen LogP contribution in [0.4, 0.5) is 0 Å². The van der Waals surface area contributed by atoms with E-state index in [0.29, 0.717) is 5.15 Å². The third kappa shape index (κ3) is 2.72. The second-order valence-electron chi connectivity index (χ2n) is 2.08. The maximum Gasteiger partial charge on any atom is 0.328 e. The van der Waals surface area contributed by atoms with Gasteiger partial charge in [-0.3, -0.25) is 0 Å². The molecule has 0 bridgehead atoms. The fourth-order valence-corrected chi connectivity index (χ4v) is 0.871. The number of halogens is 1. The van der Waals surface area contributed by atoms with E-state index in [9.17, 15) is 4.79 Å². The zero-order valence-electron chi connectivity index (χ0n) is 6.07. The third-order valence-electron chi connectivity index (χ3n) is 1.17. The lowest BCUT2D eigenvalue weighted by molar-refractivity contribution is -0.131. The minimum absolute atomic E-state index is 0.350. The Hall–Kier alpha value is -1.35. The van der Waals surface area contributed by atoms with Gasteiger partial charge in [0.05, 0.1) is 0 Å². The molecule has 1 aromatic heterocycles. The van der Waals surface area contributed by atoms with Gasteiger partial charge in [0.2, 0.25) is 0 Å². The van der Waals surface area contributed by atoms with Crippen LogP contribution in [0.5, 0.6) is 0 Å². The molecule has 0 saturated carbocycles. The van der Waals surface area contributed by atoms with E-state index in [2.05, 4.69) is 4.98 Å². The summed E-state index contributed by atoms with van der Waals surface area (Å²) in [4.78, 5) is 13.9. The fourth-order valence-electron chi connectivity index (χ4n) is 0.689. The topological polar surface area (TPSA) is 50.2 Å². The van der Waals surface area contributed by atoms with E-state index >= 15 is 0 Å². The average molecular weight is 184 g/mol. The van der Waals surface area contributed by atoms with E-state index in [4.69, 9.17) is 16.7 Å². The number of aromatic nitrogens is 1. The quantitative estimate of drug-likeness (QED) is 0.562. The van der Waals surface area contributed by atoms with Gasteiger partial charge in [-0.2, -0.15) is 0 Å². The summed E-state index contributed by atoms with van der Waals surface area (Å²) in [5.74, 6) is -0.983. The summed E-state index contributed by atoms with van der Waals surface area (Å²) in [5, 5.41) is 8.66. The SMILES string of the molecule is O=C(O)/C=C/c1ccnc(Cl)c1. The standard InChI is InChI=1S/C8H6ClNO2/c9-7-5-6(3-4-10-7)1-2-8(11)12/h1-5H,(H,11,12)/b2-1+. The van der Waals surface area contributed by atoms with Crippen LogP contribution in [0.15, 0.2) is 24.4 Å². The number of pyridine rings is 1. The fraction of sp³-hybridized carbons (Fsp3) is 0. The van der Waals surface area contributed by atoms with Crippen LogP contribution in [0.2, 0.25) is 5.15 Å². The van der Waals surface area contributed by atoms with E-state index in [1.54, 1.807) is 12.1 Å². The van der Waals surface area contributed by atoms with Gasteiger partial charge in [0.15, 0.2) is 0 Å². The van der Waals surface area contributed by atoms with Gasteiger partial charge >= 0.3 is 5.97 Å². The Morgan fingerprint density at radius 3 is 3.00 bits per heavy atom. The first-order chi connectivity index (χ1) is 5.68. The van der Waals surface area contributed by atoms with Crippen LogP contribution in [0.1, 0.15) is 5.56 Å². The molecule has 0 atom stereocenters. The monoisotopic (exact) mass is 183 g/mol. The first-order valence-corrected chi connectivity index (χ1v) is 3.59. The van der Waals surface area contributed by atoms with Crippen LogP contribution in [-0.4, -0.2) is 16.1 Å². The minimum Gasteiger partial charge on any atom is -0.478 e. The van der Waals surface area contributed by atoms with Crippen molar-refractivity contribution in [3.63, 3.8) is 0 Å². The van der Waals surface area contributed by atoms with Crippen molar-refractivity contribution >= 4 is 23.6 Å². The summed E-state index contributed by atoms with van der Waals surface area (Å²) >= 11 is 5.57. The molecule has 1 heterocycles. The highest BCUT2D eigenvalue weighted by Gasteiger charge is 1.91. The lowest BCUT2D eigenvalue weighted by Crippen LogP contribution is -1.85. The van der Waals surface area contributed by atoms with Crippen LogP contribution in [0.25, 0.3) is 6.08 Å². The van der Waals surface area contributed by atoms with Gasteiger partial charge in [-0.05, 0) is 23.8 Å². The van der Waals surface area contributed by atoms with Gasteiger partial charge in [0.1, 0.15) is 5.15 Å². The van der Waals surface area contributed by atoms with Gasteiger partial charge < -0.3 is 5.11 Å². The highest BCUT2D eigenvalue weighted by molar-refractivity contribution is 6.29. The maximum atomic E-state index is 10.1. The van der Waals surface area contributed by atoms with Gasteiger partial charge in [0.25, 0.3) is 0 Å². The van der Waals surface area contributed by atoms with Crippen molar-refractivity contribution in [1.82, 2.24) is 4.98 Å². The van der Waals surface area contributed by atoms with E-state index in [-0.39, 0.29) is 0 Å². The molecule has 3 nitrogen and oxygen atoms in total. The normalized spacial score (nSPS) is 10.4.